The maximum Gasteiger partial charge on any atom is 0.314 e. The van der Waals surface area contributed by atoms with Gasteiger partial charge in [-0.25, -0.2) is 0 Å². The van der Waals surface area contributed by atoms with Gasteiger partial charge in [0.1, 0.15) is 11.5 Å². The van der Waals surface area contributed by atoms with E-state index in [1.54, 1.807) is 27.7 Å². The molecule has 0 bridgehead atoms. The third-order valence-corrected chi connectivity index (χ3v) is 2.77. The summed E-state index contributed by atoms with van der Waals surface area (Å²) in [7, 11) is 0. The average molecular weight is 265 g/mol. The molecule has 106 valence electrons. The lowest BCUT2D eigenvalue weighted by Gasteiger charge is -2.29. The van der Waals surface area contributed by atoms with Crippen molar-refractivity contribution in [1.29, 1.82) is 0 Å². The Morgan fingerprint density at radius 2 is 1.79 bits per heavy atom. The lowest BCUT2D eigenvalue weighted by Crippen LogP contribution is -2.40. The molecule has 4 heteroatoms. The van der Waals surface area contributed by atoms with E-state index in [2.05, 4.69) is 0 Å². The highest BCUT2D eigenvalue weighted by atomic mass is 16.6. The minimum absolute atomic E-state index is 0.473. The summed E-state index contributed by atoms with van der Waals surface area (Å²) < 4.78 is 5.32. The predicted molar refractivity (Wildman–Crippen MR) is 74.4 cm³/mol. The summed E-state index contributed by atoms with van der Waals surface area (Å²) in [6.45, 7) is 6.92. The van der Waals surface area contributed by atoms with Gasteiger partial charge in [-0.05, 0) is 33.3 Å². The Morgan fingerprint density at radius 3 is 2.21 bits per heavy atom. The van der Waals surface area contributed by atoms with E-state index < -0.39 is 29.6 Å². The maximum absolute atomic E-state index is 12.2. The van der Waals surface area contributed by atoms with Crippen LogP contribution in [0, 0.1) is 5.92 Å². The molecule has 0 heterocycles. The summed E-state index contributed by atoms with van der Waals surface area (Å²) in [5.74, 6) is -1.25. The fourth-order valence-electron chi connectivity index (χ4n) is 1.90. The number of esters is 1. The van der Waals surface area contributed by atoms with E-state index >= 15 is 0 Å². The monoisotopic (exact) mass is 265 g/mol. The van der Waals surface area contributed by atoms with Crippen LogP contribution in [-0.4, -0.2) is 22.8 Å². The number of aliphatic hydroxyl groups excluding tert-OH is 1. The number of nitrogens with two attached hydrogens (primary N) is 1. The van der Waals surface area contributed by atoms with Crippen molar-refractivity contribution in [3.8, 4) is 0 Å². The SMILES string of the molecule is CC(O)C(C(=O)OC(C)(C)C)C(N)c1ccccc1. The number of carbonyl (C=O) groups is 1. The van der Waals surface area contributed by atoms with E-state index in [0.717, 1.165) is 5.56 Å². The van der Waals surface area contributed by atoms with Crippen LogP contribution >= 0.6 is 0 Å². The molecule has 3 atom stereocenters. The van der Waals surface area contributed by atoms with Gasteiger partial charge in [-0.15, -0.1) is 0 Å². The number of rotatable bonds is 4. The smallest absolute Gasteiger partial charge is 0.314 e. The molecule has 1 aromatic rings. The van der Waals surface area contributed by atoms with Crippen LogP contribution in [0.25, 0.3) is 0 Å². The third kappa shape index (κ3) is 4.65. The van der Waals surface area contributed by atoms with E-state index in [-0.39, 0.29) is 0 Å². The summed E-state index contributed by atoms with van der Waals surface area (Å²) in [5, 5.41) is 9.83. The second-order valence-electron chi connectivity index (χ2n) is 5.74. The molecule has 0 aliphatic rings. The predicted octanol–water partition coefficient (Wildman–Crippen LogP) is 2.03. The van der Waals surface area contributed by atoms with E-state index in [0.29, 0.717) is 0 Å². The zero-order chi connectivity index (χ0) is 14.6. The number of hydrogen-bond acceptors (Lipinski definition) is 4. The van der Waals surface area contributed by atoms with Crippen molar-refractivity contribution in [3.63, 3.8) is 0 Å². The van der Waals surface area contributed by atoms with Crippen LogP contribution in [0.15, 0.2) is 30.3 Å². The Balaban J connectivity index is 2.92. The van der Waals surface area contributed by atoms with Gasteiger partial charge in [0.25, 0.3) is 0 Å². The van der Waals surface area contributed by atoms with Crippen LogP contribution in [0.1, 0.15) is 39.3 Å². The molecule has 0 aromatic heterocycles. The van der Waals surface area contributed by atoms with Gasteiger partial charge < -0.3 is 15.6 Å². The van der Waals surface area contributed by atoms with Crippen LogP contribution in [-0.2, 0) is 9.53 Å². The second-order valence-corrected chi connectivity index (χ2v) is 5.74. The molecule has 0 aliphatic heterocycles. The molecule has 0 fully saturated rings. The van der Waals surface area contributed by atoms with Crippen LogP contribution in [0.4, 0.5) is 0 Å². The maximum atomic E-state index is 12.2. The van der Waals surface area contributed by atoms with E-state index in [1.165, 1.54) is 0 Å². The van der Waals surface area contributed by atoms with Crippen molar-refractivity contribution in [1.82, 2.24) is 0 Å². The number of ether oxygens (including phenoxy) is 1. The first-order valence-electron chi connectivity index (χ1n) is 6.44. The largest absolute Gasteiger partial charge is 0.460 e. The summed E-state index contributed by atoms with van der Waals surface area (Å²) in [4.78, 5) is 12.2. The normalized spacial score (nSPS) is 16.5. The Kier molecular flexibility index (Phi) is 5.09. The zero-order valence-electron chi connectivity index (χ0n) is 12.0. The lowest BCUT2D eigenvalue weighted by atomic mass is 9.89. The molecule has 0 aliphatic carbocycles. The fraction of sp³-hybridized carbons (Fsp3) is 0.533. The molecule has 0 saturated carbocycles. The Hall–Kier alpha value is -1.39. The number of benzene rings is 1. The minimum Gasteiger partial charge on any atom is -0.460 e. The zero-order valence-corrected chi connectivity index (χ0v) is 12.0. The quantitative estimate of drug-likeness (QED) is 0.817. The topological polar surface area (TPSA) is 72.5 Å². The summed E-state index contributed by atoms with van der Waals surface area (Å²) >= 11 is 0. The number of carbonyl (C=O) groups excluding carboxylic acids is 1. The van der Waals surface area contributed by atoms with Gasteiger partial charge in [-0.1, -0.05) is 30.3 Å². The molecule has 0 spiro atoms. The van der Waals surface area contributed by atoms with Crippen molar-refractivity contribution in [2.75, 3.05) is 0 Å². The second kappa shape index (κ2) is 6.17. The van der Waals surface area contributed by atoms with Crippen molar-refractivity contribution in [3.05, 3.63) is 35.9 Å². The Morgan fingerprint density at radius 1 is 1.26 bits per heavy atom. The van der Waals surface area contributed by atoms with Gasteiger partial charge in [0.05, 0.1) is 6.10 Å². The van der Waals surface area contributed by atoms with Crippen LogP contribution < -0.4 is 5.73 Å². The van der Waals surface area contributed by atoms with Gasteiger partial charge in [0, 0.05) is 6.04 Å². The Bertz CT molecular complexity index is 409. The fourth-order valence-corrected chi connectivity index (χ4v) is 1.90. The van der Waals surface area contributed by atoms with Crippen LogP contribution in [0.5, 0.6) is 0 Å². The van der Waals surface area contributed by atoms with Gasteiger partial charge in [0.15, 0.2) is 0 Å². The minimum atomic E-state index is -0.870. The summed E-state index contributed by atoms with van der Waals surface area (Å²) in [6, 6.07) is 8.67. The van der Waals surface area contributed by atoms with E-state index in [1.807, 2.05) is 30.3 Å². The molecular weight excluding hydrogens is 242 g/mol. The van der Waals surface area contributed by atoms with Gasteiger partial charge >= 0.3 is 5.97 Å². The van der Waals surface area contributed by atoms with Gasteiger partial charge in [-0.3, -0.25) is 4.79 Å². The highest BCUT2D eigenvalue weighted by Crippen LogP contribution is 2.25. The molecule has 1 rings (SSSR count). The number of aliphatic hydroxyl groups is 1. The molecule has 0 radical (unpaired) electrons. The van der Waals surface area contributed by atoms with Crippen molar-refractivity contribution >= 4 is 5.97 Å². The molecule has 0 saturated heterocycles. The highest BCUT2D eigenvalue weighted by molar-refractivity contribution is 5.74. The summed E-state index contributed by atoms with van der Waals surface area (Å²) in [6.07, 6.45) is -0.870. The molecule has 1 aromatic carbocycles. The van der Waals surface area contributed by atoms with E-state index in [4.69, 9.17) is 10.5 Å². The van der Waals surface area contributed by atoms with Crippen molar-refractivity contribution in [2.45, 2.75) is 45.4 Å². The molecule has 3 N–H and O–H groups in total. The first-order valence-corrected chi connectivity index (χ1v) is 6.44. The summed E-state index contributed by atoms with van der Waals surface area (Å²) in [5.41, 5.74) is 6.31. The standard InChI is InChI=1S/C15H23NO3/c1-10(17)12(14(18)19-15(2,3)4)13(16)11-8-6-5-7-9-11/h5-10,12-13,17H,16H2,1-4H3. The average Bonchev–Trinajstić information content (AvgIpc) is 2.27. The van der Waals surface area contributed by atoms with Gasteiger partial charge in [0.2, 0.25) is 0 Å². The first kappa shape index (κ1) is 15.7. The van der Waals surface area contributed by atoms with Gasteiger partial charge in [-0.2, -0.15) is 0 Å². The molecule has 4 nitrogen and oxygen atoms in total. The number of hydrogen-bond donors (Lipinski definition) is 2. The van der Waals surface area contributed by atoms with E-state index in [9.17, 15) is 9.90 Å². The highest BCUT2D eigenvalue weighted by Gasteiger charge is 2.34. The van der Waals surface area contributed by atoms with Crippen molar-refractivity contribution < 1.29 is 14.6 Å². The molecule has 0 amide bonds. The van der Waals surface area contributed by atoms with Crippen molar-refractivity contribution in [2.24, 2.45) is 11.7 Å². The third-order valence-electron chi connectivity index (χ3n) is 2.77. The van der Waals surface area contributed by atoms with Crippen LogP contribution in [0.3, 0.4) is 0 Å². The molecule has 3 unspecified atom stereocenters. The Labute approximate surface area is 114 Å². The van der Waals surface area contributed by atoms with Crippen LogP contribution in [0.2, 0.25) is 0 Å². The molecular formula is C15H23NO3. The molecule has 19 heavy (non-hydrogen) atoms. The first-order chi connectivity index (χ1) is 8.72. The lowest BCUT2D eigenvalue weighted by molar-refractivity contribution is -0.164.